The second-order valence-corrected chi connectivity index (χ2v) is 4.66. The van der Waals surface area contributed by atoms with Gasteiger partial charge in [-0.3, -0.25) is 4.79 Å². The number of thiocarbonyl (C=S) groups is 1. The Balaban J connectivity index is 2.05. The molecule has 102 valence electrons. The molecule has 0 saturated carbocycles. The lowest BCUT2D eigenvalue weighted by molar-refractivity contribution is 0.0950. The molecule has 2 aromatic rings. The summed E-state index contributed by atoms with van der Waals surface area (Å²) in [4.78, 5) is 20.5. The highest BCUT2D eigenvalue weighted by Crippen LogP contribution is 2.05. The number of nitrogens with one attached hydrogen (secondary N) is 1. The van der Waals surface area contributed by atoms with Crippen molar-refractivity contribution in [2.45, 2.75) is 13.5 Å². The molecule has 5 nitrogen and oxygen atoms in total. The van der Waals surface area contributed by atoms with Crippen molar-refractivity contribution in [1.29, 1.82) is 0 Å². The summed E-state index contributed by atoms with van der Waals surface area (Å²) in [5, 5.41) is 2.80. The Labute approximate surface area is 122 Å². The van der Waals surface area contributed by atoms with E-state index in [1.807, 2.05) is 0 Å². The Bertz CT molecular complexity index is 657. The Hall–Kier alpha value is -2.34. The first kappa shape index (κ1) is 14.1. The molecule has 2 rings (SSSR count). The quantitative estimate of drug-likeness (QED) is 0.829. The number of benzene rings is 1. The summed E-state index contributed by atoms with van der Waals surface area (Å²) in [6, 6.07) is 8.66. The van der Waals surface area contributed by atoms with Gasteiger partial charge in [-0.15, -0.1) is 0 Å². The average molecular weight is 286 g/mol. The predicted octanol–water partition coefficient (Wildman–Crippen LogP) is 1.35. The van der Waals surface area contributed by atoms with Gasteiger partial charge in [-0.1, -0.05) is 24.4 Å². The van der Waals surface area contributed by atoms with E-state index in [1.165, 1.54) is 0 Å². The third-order valence-electron chi connectivity index (χ3n) is 2.67. The van der Waals surface area contributed by atoms with E-state index >= 15 is 0 Å². The second kappa shape index (κ2) is 6.21. The monoisotopic (exact) mass is 286 g/mol. The van der Waals surface area contributed by atoms with Gasteiger partial charge < -0.3 is 11.1 Å². The first-order chi connectivity index (χ1) is 9.56. The predicted molar refractivity (Wildman–Crippen MR) is 80.3 cm³/mol. The fraction of sp³-hybridized carbons (Fsp3) is 0.143. The minimum absolute atomic E-state index is 0.195. The van der Waals surface area contributed by atoms with Crippen LogP contribution in [0.25, 0.3) is 0 Å². The van der Waals surface area contributed by atoms with Crippen LogP contribution in [0.4, 0.5) is 0 Å². The topological polar surface area (TPSA) is 80.9 Å². The smallest absolute Gasteiger partial charge is 0.251 e. The van der Waals surface area contributed by atoms with E-state index in [2.05, 4.69) is 15.3 Å². The van der Waals surface area contributed by atoms with Gasteiger partial charge in [0.15, 0.2) is 0 Å². The lowest BCUT2D eigenvalue weighted by Crippen LogP contribution is -2.24. The molecule has 1 amide bonds. The van der Waals surface area contributed by atoms with E-state index < -0.39 is 0 Å². The van der Waals surface area contributed by atoms with Gasteiger partial charge in [0.25, 0.3) is 5.91 Å². The molecule has 0 saturated heterocycles. The van der Waals surface area contributed by atoms with Gasteiger partial charge in [-0.25, -0.2) is 9.97 Å². The number of rotatable bonds is 4. The summed E-state index contributed by atoms with van der Waals surface area (Å²) in [6.45, 7) is 2.15. The van der Waals surface area contributed by atoms with Gasteiger partial charge in [0.1, 0.15) is 10.8 Å². The van der Waals surface area contributed by atoms with Crippen molar-refractivity contribution in [2.24, 2.45) is 5.73 Å². The van der Waals surface area contributed by atoms with Gasteiger partial charge in [0, 0.05) is 17.3 Å². The highest BCUT2D eigenvalue weighted by Gasteiger charge is 2.07. The third-order valence-corrected chi connectivity index (χ3v) is 2.91. The molecule has 0 spiro atoms. The van der Waals surface area contributed by atoms with Gasteiger partial charge in [0.05, 0.1) is 12.2 Å². The first-order valence-electron chi connectivity index (χ1n) is 6.03. The summed E-state index contributed by atoms with van der Waals surface area (Å²) in [6.07, 6.45) is 1.66. The molecule has 0 atom stereocenters. The van der Waals surface area contributed by atoms with Crippen molar-refractivity contribution in [1.82, 2.24) is 15.3 Å². The summed E-state index contributed by atoms with van der Waals surface area (Å²) < 4.78 is 0. The van der Waals surface area contributed by atoms with Crippen LogP contribution in [0.5, 0.6) is 0 Å². The fourth-order valence-electron chi connectivity index (χ4n) is 1.69. The first-order valence-corrected chi connectivity index (χ1v) is 6.43. The lowest BCUT2D eigenvalue weighted by atomic mass is 10.1. The van der Waals surface area contributed by atoms with Crippen LogP contribution in [0.15, 0.2) is 36.5 Å². The molecule has 1 heterocycles. The standard InChI is InChI=1S/C14H14N4OS/c1-9-16-6-5-12(18-9)8-17-14(19)11-4-2-3-10(7-11)13(15)20/h2-7H,8H2,1H3,(H2,15,20)(H,17,19). The molecule has 0 aliphatic carbocycles. The molecule has 0 fully saturated rings. The summed E-state index contributed by atoms with van der Waals surface area (Å²) in [5.41, 5.74) is 7.49. The molecule has 0 radical (unpaired) electrons. The van der Waals surface area contributed by atoms with Crippen molar-refractivity contribution < 1.29 is 4.79 Å². The number of aromatic nitrogens is 2. The number of aryl methyl sites for hydroxylation is 1. The van der Waals surface area contributed by atoms with Crippen molar-refractivity contribution in [3.8, 4) is 0 Å². The zero-order valence-electron chi connectivity index (χ0n) is 11.0. The molecular weight excluding hydrogens is 272 g/mol. The average Bonchev–Trinajstić information content (AvgIpc) is 2.45. The maximum atomic E-state index is 12.0. The van der Waals surface area contributed by atoms with Crippen molar-refractivity contribution in [3.05, 3.63) is 59.2 Å². The van der Waals surface area contributed by atoms with E-state index in [4.69, 9.17) is 18.0 Å². The van der Waals surface area contributed by atoms with E-state index in [0.29, 0.717) is 23.5 Å². The largest absolute Gasteiger partial charge is 0.389 e. The van der Waals surface area contributed by atoms with Gasteiger partial charge >= 0.3 is 0 Å². The van der Waals surface area contributed by atoms with Gasteiger partial charge in [0.2, 0.25) is 0 Å². The number of nitrogens with zero attached hydrogens (tertiary/aromatic N) is 2. The second-order valence-electron chi connectivity index (χ2n) is 4.22. The van der Waals surface area contributed by atoms with E-state index in [-0.39, 0.29) is 10.9 Å². The van der Waals surface area contributed by atoms with Crippen molar-refractivity contribution >= 4 is 23.1 Å². The third kappa shape index (κ3) is 3.58. The molecule has 1 aromatic heterocycles. The number of nitrogens with two attached hydrogens (primary N) is 1. The van der Waals surface area contributed by atoms with E-state index in [1.54, 1.807) is 43.5 Å². The molecule has 1 aromatic carbocycles. The molecule has 6 heteroatoms. The molecule has 0 aliphatic rings. The van der Waals surface area contributed by atoms with Crippen LogP contribution in [0.1, 0.15) is 27.4 Å². The Morgan fingerprint density at radius 3 is 2.80 bits per heavy atom. The minimum atomic E-state index is -0.195. The number of carbonyl (C=O) groups is 1. The van der Waals surface area contributed by atoms with E-state index in [0.717, 1.165) is 5.69 Å². The molecule has 0 aliphatic heterocycles. The van der Waals surface area contributed by atoms with Gasteiger partial charge in [-0.05, 0) is 25.1 Å². The van der Waals surface area contributed by atoms with Crippen LogP contribution in [0.3, 0.4) is 0 Å². The van der Waals surface area contributed by atoms with Crippen LogP contribution >= 0.6 is 12.2 Å². The maximum Gasteiger partial charge on any atom is 0.251 e. The van der Waals surface area contributed by atoms with Crippen molar-refractivity contribution in [2.75, 3.05) is 0 Å². The summed E-state index contributed by atoms with van der Waals surface area (Å²) >= 11 is 4.89. The fourth-order valence-corrected chi connectivity index (χ4v) is 1.82. The summed E-state index contributed by atoms with van der Waals surface area (Å²) in [7, 11) is 0. The van der Waals surface area contributed by atoms with Crippen LogP contribution in [-0.4, -0.2) is 20.9 Å². The number of carbonyl (C=O) groups excluding carboxylic acids is 1. The Kier molecular flexibility index (Phi) is 4.37. The lowest BCUT2D eigenvalue weighted by Gasteiger charge is -2.06. The number of hydrogen-bond acceptors (Lipinski definition) is 4. The van der Waals surface area contributed by atoms with Crippen LogP contribution in [0.2, 0.25) is 0 Å². The number of hydrogen-bond donors (Lipinski definition) is 2. The zero-order valence-corrected chi connectivity index (χ0v) is 11.8. The molecule has 0 bridgehead atoms. The maximum absolute atomic E-state index is 12.0. The van der Waals surface area contributed by atoms with E-state index in [9.17, 15) is 4.79 Å². The highest BCUT2D eigenvalue weighted by molar-refractivity contribution is 7.80. The molecule has 0 unspecified atom stereocenters. The molecule has 20 heavy (non-hydrogen) atoms. The van der Waals surface area contributed by atoms with Gasteiger partial charge in [-0.2, -0.15) is 0 Å². The highest BCUT2D eigenvalue weighted by atomic mass is 32.1. The SMILES string of the molecule is Cc1nccc(CNC(=O)c2cccc(C(N)=S)c2)n1. The zero-order chi connectivity index (χ0) is 14.5. The summed E-state index contributed by atoms with van der Waals surface area (Å²) in [5.74, 6) is 0.478. The Morgan fingerprint density at radius 1 is 1.35 bits per heavy atom. The normalized spacial score (nSPS) is 10.1. The Morgan fingerprint density at radius 2 is 2.10 bits per heavy atom. The van der Waals surface area contributed by atoms with Crippen LogP contribution in [-0.2, 0) is 6.54 Å². The molecule has 3 N–H and O–H groups in total. The van der Waals surface area contributed by atoms with Crippen molar-refractivity contribution in [3.63, 3.8) is 0 Å². The molecular formula is C14H14N4OS. The number of amides is 1. The van der Waals surface area contributed by atoms with Crippen LogP contribution < -0.4 is 11.1 Å². The van der Waals surface area contributed by atoms with Crippen LogP contribution in [0, 0.1) is 6.92 Å². The minimum Gasteiger partial charge on any atom is -0.389 e.